The number of hydrogen-bond donors (Lipinski definition) is 0. The lowest BCUT2D eigenvalue weighted by Gasteiger charge is -2.16. The molecule has 1 fully saturated rings. The minimum absolute atomic E-state index is 0.139. The van der Waals surface area contributed by atoms with Crippen LogP contribution < -0.4 is 10.3 Å². The van der Waals surface area contributed by atoms with Crippen molar-refractivity contribution in [3.63, 3.8) is 0 Å². The van der Waals surface area contributed by atoms with Gasteiger partial charge in [-0.3, -0.25) is 9.36 Å². The third kappa shape index (κ3) is 4.59. The minimum atomic E-state index is -0.279. The first-order chi connectivity index (χ1) is 16.6. The van der Waals surface area contributed by atoms with Crippen molar-refractivity contribution in [1.82, 2.24) is 14.5 Å². The van der Waals surface area contributed by atoms with E-state index in [0.29, 0.717) is 10.9 Å². The van der Waals surface area contributed by atoms with Gasteiger partial charge in [0.25, 0.3) is 5.56 Å². The zero-order valence-corrected chi connectivity index (χ0v) is 19.3. The number of nitrogens with zero attached hydrogens (tertiary/aromatic N) is 3. The second-order valence-electron chi connectivity index (χ2n) is 8.81. The number of hydrogen-bond acceptors (Lipinski definition) is 4. The highest BCUT2D eigenvalue weighted by atomic mass is 19.1. The molecule has 174 valence electrons. The highest BCUT2D eigenvalue weighted by Gasteiger charge is 2.13. The van der Waals surface area contributed by atoms with E-state index >= 15 is 0 Å². The van der Waals surface area contributed by atoms with Crippen LogP contribution in [0.1, 0.15) is 24.8 Å². The lowest BCUT2D eigenvalue weighted by molar-refractivity contribution is 0.332. The molecule has 0 spiro atoms. The molecule has 0 amide bonds. The van der Waals surface area contributed by atoms with Crippen LogP contribution in [0.5, 0.6) is 5.75 Å². The van der Waals surface area contributed by atoms with E-state index in [1.165, 1.54) is 38.1 Å². The Morgan fingerprint density at radius 2 is 1.74 bits per heavy atom. The van der Waals surface area contributed by atoms with Crippen molar-refractivity contribution in [2.45, 2.75) is 25.7 Å². The first-order valence-corrected chi connectivity index (χ1v) is 11.8. The average Bonchev–Trinajstić information content (AvgIpc) is 3.38. The Hall–Kier alpha value is -3.51. The SMILES string of the molecule is COc1cc(-n2cnc3cc(-c4ccc(F)cc4)ccc3c2=O)ccc1CCCN1CCCC1. The summed E-state index contributed by atoms with van der Waals surface area (Å²) in [4.78, 5) is 20.3. The molecule has 0 radical (unpaired) electrons. The minimum Gasteiger partial charge on any atom is -0.496 e. The topological polar surface area (TPSA) is 47.4 Å². The predicted octanol–water partition coefficient (Wildman–Crippen LogP) is 5.23. The monoisotopic (exact) mass is 457 g/mol. The summed E-state index contributed by atoms with van der Waals surface area (Å²) in [6.07, 6.45) is 6.20. The lowest BCUT2D eigenvalue weighted by atomic mass is 10.0. The molecule has 4 aromatic rings. The van der Waals surface area contributed by atoms with E-state index in [-0.39, 0.29) is 11.4 Å². The molecule has 0 N–H and O–H groups in total. The first kappa shape index (κ1) is 22.3. The van der Waals surface area contributed by atoms with Crippen LogP contribution in [-0.2, 0) is 6.42 Å². The van der Waals surface area contributed by atoms with Crippen molar-refractivity contribution in [2.24, 2.45) is 0 Å². The smallest absolute Gasteiger partial charge is 0.265 e. The predicted molar refractivity (Wildman–Crippen MR) is 133 cm³/mol. The fraction of sp³-hybridized carbons (Fsp3) is 0.286. The molecular weight excluding hydrogens is 429 g/mol. The molecule has 0 unspecified atom stereocenters. The van der Waals surface area contributed by atoms with Crippen molar-refractivity contribution in [3.8, 4) is 22.6 Å². The Morgan fingerprint density at radius 1 is 0.971 bits per heavy atom. The van der Waals surface area contributed by atoms with E-state index in [4.69, 9.17) is 4.74 Å². The van der Waals surface area contributed by atoms with E-state index in [1.54, 1.807) is 36.2 Å². The van der Waals surface area contributed by atoms with Crippen LogP contribution in [0.4, 0.5) is 4.39 Å². The number of ether oxygens (including phenoxy) is 1. The maximum absolute atomic E-state index is 13.3. The standard InChI is InChI=1S/C28H28FN3O2/c1-34-27-18-24(12-8-21(27)5-4-16-31-14-2-3-15-31)32-19-30-26-17-22(9-13-25(26)28(32)33)20-6-10-23(29)11-7-20/h6-13,17-19H,2-5,14-16H2,1H3. The van der Waals surface area contributed by atoms with Crippen molar-refractivity contribution < 1.29 is 9.13 Å². The van der Waals surface area contributed by atoms with Gasteiger partial charge in [-0.05, 0) is 92.3 Å². The van der Waals surface area contributed by atoms with Crippen LogP contribution in [0.25, 0.3) is 27.7 Å². The molecule has 34 heavy (non-hydrogen) atoms. The van der Waals surface area contributed by atoms with E-state index < -0.39 is 0 Å². The second-order valence-corrected chi connectivity index (χ2v) is 8.81. The van der Waals surface area contributed by atoms with Gasteiger partial charge in [0.2, 0.25) is 0 Å². The van der Waals surface area contributed by atoms with Crippen molar-refractivity contribution in [3.05, 3.63) is 88.7 Å². The van der Waals surface area contributed by atoms with Gasteiger partial charge in [0.1, 0.15) is 17.9 Å². The molecule has 3 aromatic carbocycles. The van der Waals surface area contributed by atoms with E-state index in [1.807, 2.05) is 30.3 Å². The first-order valence-electron chi connectivity index (χ1n) is 11.8. The Labute approximate surface area is 198 Å². The summed E-state index contributed by atoms with van der Waals surface area (Å²) in [5, 5.41) is 0.530. The molecular formula is C28H28FN3O2. The van der Waals surface area contributed by atoms with Crippen molar-refractivity contribution in [2.75, 3.05) is 26.7 Å². The van der Waals surface area contributed by atoms with Gasteiger partial charge in [-0.2, -0.15) is 0 Å². The summed E-state index contributed by atoms with van der Waals surface area (Å²) in [7, 11) is 1.67. The lowest BCUT2D eigenvalue weighted by Crippen LogP contribution is -2.21. The number of aromatic nitrogens is 2. The fourth-order valence-corrected chi connectivity index (χ4v) is 4.72. The molecule has 0 aliphatic carbocycles. The zero-order chi connectivity index (χ0) is 23.5. The Kier molecular flexibility index (Phi) is 6.41. The summed E-state index contributed by atoms with van der Waals surface area (Å²) in [6.45, 7) is 3.53. The summed E-state index contributed by atoms with van der Waals surface area (Å²) < 4.78 is 20.5. The van der Waals surface area contributed by atoms with Gasteiger partial charge in [-0.1, -0.05) is 24.3 Å². The third-order valence-corrected chi connectivity index (χ3v) is 6.60. The number of aryl methyl sites for hydroxylation is 1. The van der Waals surface area contributed by atoms with Gasteiger partial charge in [0.15, 0.2) is 0 Å². The highest BCUT2D eigenvalue weighted by molar-refractivity contribution is 5.83. The van der Waals surface area contributed by atoms with Gasteiger partial charge in [-0.15, -0.1) is 0 Å². The Balaban J connectivity index is 1.40. The Bertz CT molecular complexity index is 1360. The molecule has 0 atom stereocenters. The summed E-state index contributed by atoms with van der Waals surface area (Å²) in [6, 6.07) is 17.7. The zero-order valence-electron chi connectivity index (χ0n) is 19.3. The van der Waals surface area contributed by atoms with Gasteiger partial charge >= 0.3 is 0 Å². The van der Waals surface area contributed by atoms with Crippen LogP contribution >= 0.6 is 0 Å². The maximum atomic E-state index is 13.3. The molecule has 2 heterocycles. The summed E-state index contributed by atoms with van der Waals surface area (Å²) in [5.74, 6) is 0.510. The second kappa shape index (κ2) is 9.77. The fourth-order valence-electron chi connectivity index (χ4n) is 4.72. The van der Waals surface area contributed by atoms with Crippen LogP contribution in [0, 0.1) is 5.82 Å². The highest BCUT2D eigenvalue weighted by Crippen LogP contribution is 2.25. The van der Waals surface area contributed by atoms with Crippen LogP contribution in [0.2, 0.25) is 0 Å². The van der Waals surface area contributed by atoms with Gasteiger partial charge in [0.05, 0.1) is 23.7 Å². The molecule has 0 bridgehead atoms. The molecule has 1 aliphatic heterocycles. The van der Waals surface area contributed by atoms with Crippen LogP contribution in [0.3, 0.4) is 0 Å². The van der Waals surface area contributed by atoms with Crippen molar-refractivity contribution >= 4 is 10.9 Å². The van der Waals surface area contributed by atoms with Gasteiger partial charge in [0, 0.05) is 6.07 Å². The molecule has 6 heteroatoms. The van der Waals surface area contributed by atoms with E-state index in [9.17, 15) is 9.18 Å². The van der Waals surface area contributed by atoms with Crippen molar-refractivity contribution in [1.29, 1.82) is 0 Å². The number of halogens is 1. The number of fused-ring (bicyclic) bond motifs is 1. The maximum Gasteiger partial charge on any atom is 0.265 e. The van der Waals surface area contributed by atoms with Crippen LogP contribution in [-0.4, -0.2) is 41.2 Å². The molecule has 1 aromatic heterocycles. The largest absolute Gasteiger partial charge is 0.496 e. The molecule has 0 saturated carbocycles. The Morgan fingerprint density at radius 3 is 2.50 bits per heavy atom. The number of rotatable bonds is 7. The molecule has 1 aliphatic rings. The summed E-state index contributed by atoms with van der Waals surface area (Å²) in [5.41, 5.74) is 4.10. The molecule has 1 saturated heterocycles. The molecule has 5 nitrogen and oxygen atoms in total. The van der Waals surface area contributed by atoms with Gasteiger partial charge < -0.3 is 9.64 Å². The normalized spacial score (nSPS) is 14.1. The van der Waals surface area contributed by atoms with Crippen LogP contribution in [0.15, 0.2) is 71.8 Å². The average molecular weight is 458 g/mol. The van der Waals surface area contributed by atoms with E-state index in [2.05, 4.69) is 9.88 Å². The third-order valence-electron chi connectivity index (χ3n) is 6.60. The summed E-state index contributed by atoms with van der Waals surface area (Å²) >= 11 is 0. The van der Waals surface area contributed by atoms with Gasteiger partial charge in [-0.25, -0.2) is 9.37 Å². The van der Waals surface area contributed by atoms with E-state index in [0.717, 1.165) is 47.5 Å². The number of benzene rings is 3. The number of likely N-dealkylation sites (tertiary alicyclic amines) is 1. The number of methoxy groups -OCH3 is 1. The molecule has 5 rings (SSSR count). The quantitative estimate of drug-likeness (QED) is 0.381.